The molecule has 1 saturated heterocycles. The molecule has 0 aliphatic carbocycles. The second-order valence-electron chi connectivity index (χ2n) is 6.23. The summed E-state index contributed by atoms with van der Waals surface area (Å²) in [5.41, 5.74) is 0.909. The van der Waals surface area contributed by atoms with Gasteiger partial charge in [0.2, 0.25) is 5.82 Å². The summed E-state index contributed by atoms with van der Waals surface area (Å²) in [6, 6.07) is 8.19. The third-order valence-corrected chi connectivity index (χ3v) is 5.22. The van der Waals surface area contributed by atoms with E-state index in [1.807, 2.05) is 23.5 Å². The van der Waals surface area contributed by atoms with Gasteiger partial charge in [0, 0.05) is 35.9 Å². The van der Waals surface area contributed by atoms with Crippen LogP contribution >= 0.6 is 11.3 Å². The zero-order chi connectivity index (χ0) is 16.2. The fourth-order valence-electron chi connectivity index (χ4n) is 3.23. The van der Waals surface area contributed by atoms with Gasteiger partial charge in [-0.15, -0.1) is 21.5 Å². The van der Waals surface area contributed by atoms with Gasteiger partial charge in [0.25, 0.3) is 0 Å². The molecular weight excluding hydrogens is 320 g/mol. The van der Waals surface area contributed by atoms with Crippen molar-refractivity contribution in [1.82, 2.24) is 30.1 Å². The van der Waals surface area contributed by atoms with Crippen molar-refractivity contribution in [2.24, 2.45) is 5.92 Å². The van der Waals surface area contributed by atoms with Crippen LogP contribution in [0.5, 0.6) is 0 Å². The molecule has 3 aromatic rings. The Morgan fingerprint density at radius 3 is 3.08 bits per heavy atom. The van der Waals surface area contributed by atoms with E-state index < -0.39 is 0 Å². The molecule has 4 rings (SSSR count). The minimum atomic E-state index is 0.578. The third kappa shape index (κ3) is 3.68. The molecule has 7 heteroatoms. The summed E-state index contributed by atoms with van der Waals surface area (Å²) in [7, 11) is 0. The van der Waals surface area contributed by atoms with Crippen molar-refractivity contribution in [3.05, 3.63) is 46.9 Å². The van der Waals surface area contributed by atoms with Gasteiger partial charge in [-0.05, 0) is 54.1 Å². The molecule has 6 nitrogen and oxygen atoms in total. The van der Waals surface area contributed by atoms with Crippen LogP contribution < -0.4 is 0 Å². The van der Waals surface area contributed by atoms with Gasteiger partial charge in [0.15, 0.2) is 0 Å². The van der Waals surface area contributed by atoms with Crippen molar-refractivity contribution in [2.45, 2.75) is 25.9 Å². The van der Waals surface area contributed by atoms with Crippen molar-refractivity contribution < 1.29 is 0 Å². The Labute approximate surface area is 145 Å². The monoisotopic (exact) mass is 340 g/mol. The number of piperidine rings is 1. The normalized spacial score (nSPS) is 18.8. The van der Waals surface area contributed by atoms with E-state index in [1.54, 1.807) is 17.2 Å². The smallest absolute Gasteiger partial charge is 0.206 e. The molecule has 0 amide bonds. The van der Waals surface area contributed by atoms with Crippen molar-refractivity contribution in [1.29, 1.82) is 0 Å². The first-order valence-electron chi connectivity index (χ1n) is 8.30. The van der Waals surface area contributed by atoms with Crippen LogP contribution in [-0.2, 0) is 13.1 Å². The molecule has 4 heterocycles. The number of hydrogen-bond donors (Lipinski definition) is 0. The predicted molar refractivity (Wildman–Crippen MR) is 93.4 cm³/mol. The first-order valence-corrected chi connectivity index (χ1v) is 9.18. The number of likely N-dealkylation sites (tertiary alicyclic amines) is 1. The lowest BCUT2D eigenvalue weighted by Crippen LogP contribution is -2.36. The number of rotatable bonds is 5. The fraction of sp³-hybridized carbons (Fsp3) is 0.412. The van der Waals surface area contributed by atoms with Crippen LogP contribution in [0.1, 0.15) is 17.7 Å². The molecule has 1 atom stereocenters. The maximum absolute atomic E-state index is 4.51. The molecule has 0 N–H and O–H groups in total. The molecule has 1 aliphatic rings. The Balaban J connectivity index is 1.37. The Bertz CT molecular complexity index is 755. The van der Waals surface area contributed by atoms with Gasteiger partial charge < -0.3 is 0 Å². The van der Waals surface area contributed by atoms with E-state index in [4.69, 9.17) is 0 Å². The molecule has 1 aliphatic heterocycles. The van der Waals surface area contributed by atoms with Crippen LogP contribution in [0.3, 0.4) is 0 Å². The molecular formula is C17H20N6S. The Morgan fingerprint density at radius 1 is 1.25 bits per heavy atom. The van der Waals surface area contributed by atoms with E-state index in [2.05, 4.69) is 42.8 Å². The molecule has 0 aromatic carbocycles. The van der Waals surface area contributed by atoms with Crippen molar-refractivity contribution in [3.63, 3.8) is 0 Å². The molecule has 3 aromatic heterocycles. The number of nitrogens with zero attached hydrogens (tertiary/aromatic N) is 6. The Hall–Kier alpha value is -2.12. The first kappa shape index (κ1) is 15.4. The van der Waals surface area contributed by atoms with Gasteiger partial charge in [-0.3, -0.25) is 9.88 Å². The topological polar surface area (TPSA) is 59.7 Å². The fourth-order valence-corrected chi connectivity index (χ4v) is 3.98. The minimum absolute atomic E-state index is 0.578. The molecule has 0 spiro atoms. The van der Waals surface area contributed by atoms with Crippen LogP contribution in [0.2, 0.25) is 0 Å². The summed E-state index contributed by atoms with van der Waals surface area (Å²) >= 11 is 1.84. The van der Waals surface area contributed by atoms with E-state index in [-0.39, 0.29) is 0 Å². The van der Waals surface area contributed by atoms with E-state index in [0.29, 0.717) is 11.7 Å². The highest BCUT2D eigenvalue weighted by Crippen LogP contribution is 2.21. The summed E-state index contributed by atoms with van der Waals surface area (Å²) < 4.78 is 0. The number of thiophene rings is 1. The average Bonchev–Trinajstić information content (AvgIpc) is 3.28. The SMILES string of the molecule is c1cncc(-c2nnn(C[C@H]3CCCN(Cc4cccs4)C3)n2)c1. The first-order chi connectivity index (χ1) is 11.9. The van der Waals surface area contributed by atoms with Gasteiger partial charge >= 0.3 is 0 Å². The largest absolute Gasteiger partial charge is 0.298 e. The second-order valence-corrected chi connectivity index (χ2v) is 7.26. The molecule has 0 bridgehead atoms. The molecule has 0 radical (unpaired) electrons. The van der Waals surface area contributed by atoms with E-state index in [1.165, 1.54) is 24.3 Å². The predicted octanol–water partition coefficient (Wildman–Crippen LogP) is 2.71. The number of tetrazole rings is 1. The van der Waals surface area contributed by atoms with Crippen molar-refractivity contribution >= 4 is 11.3 Å². The number of hydrogen-bond acceptors (Lipinski definition) is 6. The van der Waals surface area contributed by atoms with Crippen LogP contribution in [0.4, 0.5) is 0 Å². The van der Waals surface area contributed by atoms with Gasteiger partial charge in [-0.25, -0.2) is 0 Å². The van der Waals surface area contributed by atoms with Crippen LogP contribution in [0.25, 0.3) is 11.4 Å². The molecule has 0 unspecified atom stereocenters. The lowest BCUT2D eigenvalue weighted by atomic mass is 9.98. The van der Waals surface area contributed by atoms with Gasteiger partial charge in [0.05, 0.1) is 6.54 Å². The summed E-state index contributed by atoms with van der Waals surface area (Å²) in [4.78, 5) is 9.83. The van der Waals surface area contributed by atoms with Crippen LogP contribution in [-0.4, -0.2) is 43.2 Å². The quantitative estimate of drug-likeness (QED) is 0.715. The summed E-state index contributed by atoms with van der Waals surface area (Å²) in [5, 5.41) is 15.0. The zero-order valence-corrected chi connectivity index (χ0v) is 14.3. The van der Waals surface area contributed by atoms with Crippen LogP contribution in [0, 0.1) is 5.92 Å². The van der Waals surface area contributed by atoms with Gasteiger partial charge in [-0.1, -0.05) is 6.07 Å². The maximum Gasteiger partial charge on any atom is 0.206 e. The highest BCUT2D eigenvalue weighted by molar-refractivity contribution is 7.09. The van der Waals surface area contributed by atoms with Gasteiger partial charge in [0.1, 0.15) is 0 Å². The lowest BCUT2D eigenvalue weighted by molar-refractivity contribution is 0.150. The molecule has 0 saturated carbocycles. The lowest BCUT2D eigenvalue weighted by Gasteiger charge is -2.31. The van der Waals surface area contributed by atoms with Crippen molar-refractivity contribution in [2.75, 3.05) is 13.1 Å². The molecule has 124 valence electrons. The highest BCUT2D eigenvalue weighted by atomic mass is 32.1. The summed E-state index contributed by atoms with van der Waals surface area (Å²) in [6.07, 6.45) is 5.98. The zero-order valence-electron chi connectivity index (χ0n) is 13.5. The number of aromatic nitrogens is 5. The average molecular weight is 340 g/mol. The van der Waals surface area contributed by atoms with E-state index >= 15 is 0 Å². The van der Waals surface area contributed by atoms with Gasteiger partial charge in [-0.2, -0.15) is 4.80 Å². The highest BCUT2D eigenvalue weighted by Gasteiger charge is 2.21. The van der Waals surface area contributed by atoms with E-state index in [9.17, 15) is 0 Å². The summed E-state index contributed by atoms with van der Waals surface area (Å²) in [5.74, 6) is 1.23. The van der Waals surface area contributed by atoms with Crippen molar-refractivity contribution in [3.8, 4) is 11.4 Å². The minimum Gasteiger partial charge on any atom is -0.298 e. The van der Waals surface area contributed by atoms with Crippen LogP contribution in [0.15, 0.2) is 42.0 Å². The Morgan fingerprint density at radius 2 is 2.25 bits per heavy atom. The number of pyridine rings is 1. The molecule has 1 fully saturated rings. The summed E-state index contributed by atoms with van der Waals surface area (Å²) in [6.45, 7) is 4.16. The maximum atomic E-state index is 4.51. The third-order valence-electron chi connectivity index (χ3n) is 4.36. The molecule has 24 heavy (non-hydrogen) atoms. The second kappa shape index (κ2) is 7.19. The van der Waals surface area contributed by atoms with E-state index in [0.717, 1.165) is 25.2 Å². The standard InChI is InChI=1S/C17H20N6S/c1-5-15(10-18-7-1)17-19-21-23(20-17)12-14-4-2-8-22(11-14)13-16-6-3-9-24-16/h1,3,5-7,9-10,14H,2,4,8,11-13H2/t14-/m0/s1. The Kier molecular flexibility index (Phi) is 4.62.